The van der Waals surface area contributed by atoms with Crippen LogP contribution >= 0.6 is 11.8 Å². The summed E-state index contributed by atoms with van der Waals surface area (Å²) in [4.78, 5) is 19.5. The molecule has 2 heterocycles. The maximum atomic E-state index is 12.6. The normalized spacial score (nSPS) is 14.9. The van der Waals surface area contributed by atoms with Crippen LogP contribution in [-0.4, -0.2) is 55.7 Å². The number of thioether (sulfide) groups is 1. The lowest BCUT2D eigenvalue weighted by atomic mass is 10.1. The Balaban J connectivity index is 1.95. The average Bonchev–Trinajstić information content (AvgIpc) is 2.61. The number of nitrogens with zero attached hydrogens (tertiary/aromatic N) is 2. The maximum Gasteiger partial charge on any atom is 0.252 e. The maximum absolute atomic E-state index is 12.6. The highest BCUT2D eigenvalue weighted by Crippen LogP contribution is 2.23. The molecule has 1 amide bonds. The predicted octanol–water partition coefficient (Wildman–Crippen LogP) is 2.16. The van der Waals surface area contributed by atoms with Gasteiger partial charge in [0.2, 0.25) is 0 Å². The number of rotatable bonds is 5. The minimum atomic E-state index is -0.0350. The van der Waals surface area contributed by atoms with Crippen LogP contribution in [0.1, 0.15) is 10.4 Å². The molecule has 0 unspecified atom stereocenters. The van der Waals surface area contributed by atoms with E-state index in [-0.39, 0.29) is 5.91 Å². The molecule has 0 atom stereocenters. The molecular weight excluding hydrogens is 310 g/mol. The molecule has 3 rings (SSSR count). The summed E-state index contributed by atoms with van der Waals surface area (Å²) in [6, 6.07) is 9.71. The van der Waals surface area contributed by atoms with Crippen LogP contribution in [0, 0.1) is 0 Å². The number of ether oxygens (including phenoxy) is 1. The monoisotopic (exact) mass is 331 g/mol. The van der Waals surface area contributed by atoms with Crippen molar-refractivity contribution >= 4 is 34.4 Å². The van der Waals surface area contributed by atoms with E-state index >= 15 is 0 Å². The fourth-order valence-corrected chi connectivity index (χ4v) is 2.97. The van der Waals surface area contributed by atoms with Crippen LogP contribution < -0.4 is 10.2 Å². The Labute approximate surface area is 140 Å². The minimum absolute atomic E-state index is 0.0350. The topological polar surface area (TPSA) is 54.5 Å². The molecule has 122 valence electrons. The number of carbonyl (C=O) groups is 1. The lowest BCUT2D eigenvalue weighted by Gasteiger charge is -2.28. The Hall–Kier alpha value is -1.79. The molecule has 1 aromatic carbocycles. The number of para-hydroxylation sites is 1. The molecule has 23 heavy (non-hydrogen) atoms. The lowest BCUT2D eigenvalue weighted by molar-refractivity contribution is 0.0957. The van der Waals surface area contributed by atoms with Crippen LogP contribution in [0.5, 0.6) is 0 Å². The number of fused-ring (bicyclic) bond motifs is 1. The standard InChI is InChI=1S/C17H21N3O2S/c1-23-11-6-18-17(21)14-12-16(20-7-9-22-10-8-20)19-15-5-3-2-4-13(14)15/h2-5,12H,6-11H2,1H3,(H,18,21). The van der Waals surface area contributed by atoms with Crippen molar-refractivity contribution in [3.05, 3.63) is 35.9 Å². The first-order valence-corrected chi connectivity index (χ1v) is 9.18. The van der Waals surface area contributed by atoms with Crippen molar-refractivity contribution in [2.24, 2.45) is 0 Å². The van der Waals surface area contributed by atoms with E-state index in [9.17, 15) is 4.79 Å². The number of morpholine rings is 1. The summed E-state index contributed by atoms with van der Waals surface area (Å²) in [6.45, 7) is 3.68. The summed E-state index contributed by atoms with van der Waals surface area (Å²) in [7, 11) is 0. The molecule has 1 N–H and O–H groups in total. The van der Waals surface area contributed by atoms with Crippen LogP contribution in [0.4, 0.5) is 5.82 Å². The van der Waals surface area contributed by atoms with Crippen molar-refractivity contribution < 1.29 is 9.53 Å². The molecule has 1 aromatic heterocycles. The zero-order valence-electron chi connectivity index (χ0n) is 13.2. The molecule has 2 aromatic rings. The highest BCUT2D eigenvalue weighted by molar-refractivity contribution is 7.98. The highest BCUT2D eigenvalue weighted by Gasteiger charge is 2.17. The lowest BCUT2D eigenvalue weighted by Crippen LogP contribution is -2.37. The van der Waals surface area contributed by atoms with E-state index in [1.165, 1.54) is 0 Å². The van der Waals surface area contributed by atoms with Gasteiger partial charge in [-0.05, 0) is 18.4 Å². The number of hydrogen-bond donors (Lipinski definition) is 1. The van der Waals surface area contributed by atoms with Crippen LogP contribution in [-0.2, 0) is 4.74 Å². The molecule has 0 radical (unpaired) electrons. The van der Waals surface area contributed by atoms with Gasteiger partial charge in [-0.3, -0.25) is 4.79 Å². The Bertz CT molecular complexity index is 687. The molecule has 0 spiro atoms. The van der Waals surface area contributed by atoms with Gasteiger partial charge in [-0.1, -0.05) is 18.2 Å². The van der Waals surface area contributed by atoms with Crippen molar-refractivity contribution in [2.45, 2.75) is 0 Å². The molecule has 1 saturated heterocycles. The van der Waals surface area contributed by atoms with E-state index in [1.807, 2.05) is 36.6 Å². The number of aromatic nitrogens is 1. The first kappa shape index (κ1) is 16.1. The SMILES string of the molecule is CSCCNC(=O)c1cc(N2CCOCC2)nc2ccccc12. The van der Waals surface area contributed by atoms with Gasteiger partial charge in [0.1, 0.15) is 5.82 Å². The van der Waals surface area contributed by atoms with Gasteiger partial charge in [-0.15, -0.1) is 0 Å². The minimum Gasteiger partial charge on any atom is -0.378 e. The quantitative estimate of drug-likeness (QED) is 0.851. The second kappa shape index (κ2) is 7.66. The van der Waals surface area contributed by atoms with Gasteiger partial charge in [0.15, 0.2) is 0 Å². The van der Waals surface area contributed by atoms with Gasteiger partial charge < -0.3 is 15.0 Å². The summed E-state index contributed by atoms with van der Waals surface area (Å²) in [6.07, 6.45) is 2.03. The van der Waals surface area contributed by atoms with Crippen molar-refractivity contribution in [3.63, 3.8) is 0 Å². The van der Waals surface area contributed by atoms with E-state index in [0.29, 0.717) is 25.3 Å². The van der Waals surface area contributed by atoms with Gasteiger partial charge in [0, 0.05) is 30.8 Å². The van der Waals surface area contributed by atoms with E-state index in [1.54, 1.807) is 11.8 Å². The number of amides is 1. The average molecular weight is 331 g/mol. The fourth-order valence-electron chi connectivity index (χ4n) is 2.67. The Morgan fingerprint density at radius 2 is 2.13 bits per heavy atom. The number of carbonyl (C=O) groups excluding carboxylic acids is 1. The van der Waals surface area contributed by atoms with Crippen molar-refractivity contribution in [1.82, 2.24) is 10.3 Å². The van der Waals surface area contributed by atoms with Crippen LogP contribution in [0.3, 0.4) is 0 Å². The zero-order valence-corrected chi connectivity index (χ0v) is 14.1. The van der Waals surface area contributed by atoms with Crippen LogP contribution in [0.25, 0.3) is 10.9 Å². The van der Waals surface area contributed by atoms with E-state index in [4.69, 9.17) is 9.72 Å². The second-order valence-electron chi connectivity index (χ2n) is 5.39. The summed E-state index contributed by atoms with van der Waals surface area (Å²) in [5.74, 6) is 1.72. The first-order chi connectivity index (χ1) is 11.3. The van der Waals surface area contributed by atoms with Gasteiger partial charge >= 0.3 is 0 Å². The van der Waals surface area contributed by atoms with Crippen molar-refractivity contribution in [1.29, 1.82) is 0 Å². The molecule has 1 aliphatic heterocycles. The summed E-state index contributed by atoms with van der Waals surface area (Å²) in [5.41, 5.74) is 1.55. The third kappa shape index (κ3) is 3.76. The molecule has 0 saturated carbocycles. The Kier molecular flexibility index (Phi) is 5.35. The van der Waals surface area contributed by atoms with Gasteiger partial charge in [-0.25, -0.2) is 4.98 Å². The van der Waals surface area contributed by atoms with E-state index in [0.717, 1.165) is 35.6 Å². The summed E-state index contributed by atoms with van der Waals surface area (Å²) < 4.78 is 5.40. The fraction of sp³-hybridized carbons (Fsp3) is 0.412. The van der Waals surface area contributed by atoms with Crippen LogP contribution in [0.2, 0.25) is 0 Å². The highest BCUT2D eigenvalue weighted by atomic mass is 32.2. The number of nitrogens with one attached hydrogen (secondary N) is 1. The third-order valence-electron chi connectivity index (χ3n) is 3.87. The van der Waals surface area contributed by atoms with Gasteiger partial charge in [-0.2, -0.15) is 11.8 Å². The number of benzene rings is 1. The predicted molar refractivity (Wildman–Crippen MR) is 95.5 cm³/mol. The first-order valence-electron chi connectivity index (χ1n) is 7.79. The molecule has 1 fully saturated rings. The van der Waals surface area contributed by atoms with Crippen molar-refractivity contribution in [3.8, 4) is 0 Å². The summed E-state index contributed by atoms with van der Waals surface area (Å²) in [5, 5.41) is 3.89. The summed E-state index contributed by atoms with van der Waals surface area (Å²) >= 11 is 1.72. The molecule has 1 aliphatic rings. The van der Waals surface area contributed by atoms with Crippen LogP contribution in [0.15, 0.2) is 30.3 Å². The Morgan fingerprint density at radius 1 is 1.35 bits per heavy atom. The number of hydrogen-bond acceptors (Lipinski definition) is 5. The van der Waals surface area contributed by atoms with E-state index < -0.39 is 0 Å². The smallest absolute Gasteiger partial charge is 0.252 e. The molecule has 0 bridgehead atoms. The third-order valence-corrected chi connectivity index (χ3v) is 4.49. The molecule has 0 aliphatic carbocycles. The second-order valence-corrected chi connectivity index (χ2v) is 6.38. The number of anilines is 1. The van der Waals surface area contributed by atoms with E-state index in [2.05, 4.69) is 10.2 Å². The van der Waals surface area contributed by atoms with Gasteiger partial charge in [0.25, 0.3) is 5.91 Å². The zero-order chi connectivity index (χ0) is 16.1. The Morgan fingerprint density at radius 3 is 2.91 bits per heavy atom. The molecular formula is C17H21N3O2S. The molecule has 5 nitrogen and oxygen atoms in total. The largest absolute Gasteiger partial charge is 0.378 e. The van der Waals surface area contributed by atoms with Crippen molar-refractivity contribution in [2.75, 3.05) is 49.8 Å². The van der Waals surface area contributed by atoms with Gasteiger partial charge in [0.05, 0.1) is 24.3 Å². The number of pyridine rings is 1. The molecule has 6 heteroatoms.